The van der Waals surface area contributed by atoms with E-state index in [1.807, 2.05) is 6.07 Å². The molecule has 9 heteroatoms. The van der Waals surface area contributed by atoms with E-state index in [4.69, 9.17) is 0 Å². The summed E-state index contributed by atoms with van der Waals surface area (Å²) in [7, 11) is 0. The molecule has 1 N–H and O–H groups in total. The Morgan fingerprint density at radius 2 is 1.93 bits per heavy atom. The predicted octanol–water partition coefficient (Wildman–Crippen LogP) is 1.48. The van der Waals surface area contributed by atoms with Crippen molar-refractivity contribution in [2.45, 2.75) is 6.92 Å². The van der Waals surface area contributed by atoms with E-state index in [1.165, 1.54) is 40.0 Å². The van der Waals surface area contributed by atoms with Gasteiger partial charge in [-0.05, 0) is 42.1 Å². The van der Waals surface area contributed by atoms with E-state index in [0.29, 0.717) is 15.6 Å². The van der Waals surface area contributed by atoms with E-state index in [-0.39, 0.29) is 5.91 Å². The molecule has 154 valence electrons. The number of para-hydroxylation sites is 1. The molecule has 2 heterocycles. The van der Waals surface area contributed by atoms with Crippen LogP contribution in [0.2, 0.25) is 0 Å². The van der Waals surface area contributed by atoms with Crippen molar-refractivity contribution in [3.05, 3.63) is 68.6 Å². The average molecular weight is 424 g/mol. The summed E-state index contributed by atoms with van der Waals surface area (Å²) in [5, 5.41) is 23.2. The number of amides is 1. The summed E-state index contributed by atoms with van der Waals surface area (Å²) in [6.45, 7) is 5.51. The summed E-state index contributed by atoms with van der Waals surface area (Å²) in [6.07, 6.45) is 1.55. The van der Waals surface area contributed by atoms with E-state index in [2.05, 4.69) is 35.0 Å². The van der Waals surface area contributed by atoms with Crippen molar-refractivity contribution < 1.29 is 19.7 Å². The minimum absolute atomic E-state index is 0.363. The van der Waals surface area contributed by atoms with Crippen molar-refractivity contribution in [1.29, 1.82) is 0 Å². The number of amidine groups is 1. The van der Waals surface area contributed by atoms with Crippen LogP contribution in [0.1, 0.15) is 11.1 Å². The van der Waals surface area contributed by atoms with Crippen molar-refractivity contribution in [2.75, 3.05) is 26.2 Å². The number of benzene rings is 2. The lowest BCUT2D eigenvalue weighted by atomic mass is 10.1. The van der Waals surface area contributed by atoms with Gasteiger partial charge in [0.25, 0.3) is 11.6 Å². The molecule has 0 atom stereocenters. The first-order chi connectivity index (χ1) is 14.4. The Kier molecular flexibility index (Phi) is 5.56. The predicted molar refractivity (Wildman–Crippen MR) is 114 cm³/mol. The number of nitro groups is 1. The number of hydrogen-bond donors (Lipinski definition) is 1. The number of aliphatic imine (C=N–C) groups is 1. The highest BCUT2D eigenvalue weighted by Gasteiger charge is 2.30. The zero-order valence-corrected chi connectivity index (χ0v) is 17.1. The molecule has 0 unspecified atom stereocenters. The van der Waals surface area contributed by atoms with Gasteiger partial charge in [0.05, 0.1) is 36.0 Å². The molecule has 2 aromatic rings. The van der Waals surface area contributed by atoms with E-state index < -0.39 is 16.4 Å². The molecule has 1 fully saturated rings. The summed E-state index contributed by atoms with van der Waals surface area (Å²) >= 11 is 1.27. The second-order valence-corrected chi connectivity index (χ2v) is 8.21. The molecule has 1 saturated heterocycles. The van der Waals surface area contributed by atoms with Crippen LogP contribution >= 0.6 is 11.8 Å². The van der Waals surface area contributed by atoms with E-state index >= 15 is 0 Å². The summed E-state index contributed by atoms with van der Waals surface area (Å²) in [5.41, 5.74) is 2.50. The van der Waals surface area contributed by atoms with Crippen molar-refractivity contribution in [3.63, 3.8) is 0 Å². The van der Waals surface area contributed by atoms with Crippen molar-refractivity contribution >= 4 is 40.3 Å². The third-order valence-electron chi connectivity index (χ3n) is 5.25. The van der Waals surface area contributed by atoms with Crippen LogP contribution in [0.25, 0.3) is 6.08 Å². The summed E-state index contributed by atoms with van der Waals surface area (Å²) in [6, 6.07) is 12.2. The lowest BCUT2D eigenvalue weighted by Crippen LogP contribution is -3.10. The number of rotatable bonds is 3. The molecule has 0 aliphatic carbocycles. The molecule has 0 aromatic heterocycles. The molecular formula is C21H20N4O4S. The average Bonchev–Trinajstić information content (AvgIpc) is 3.10. The van der Waals surface area contributed by atoms with Gasteiger partial charge in [-0.3, -0.25) is 19.8 Å². The highest BCUT2D eigenvalue weighted by molar-refractivity contribution is 8.18. The maximum absolute atomic E-state index is 12.3. The Hall–Kier alpha value is -3.17. The Balaban J connectivity index is 1.44. The van der Waals surface area contributed by atoms with E-state index in [9.17, 15) is 20.0 Å². The number of carbonyl (C=O) groups excluding carboxylic acids is 1. The van der Waals surface area contributed by atoms with Gasteiger partial charge in [0.15, 0.2) is 5.17 Å². The molecule has 8 nitrogen and oxygen atoms in total. The molecule has 0 radical (unpaired) electrons. The number of carbonyl (C=O) groups is 1. The van der Waals surface area contributed by atoms with Crippen LogP contribution in [-0.2, 0) is 4.79 Å². The zero-order chi connectivity index (χ0) is 21.3. The molecule has 2 aliphatic rings. The lowest BCUT2D eigenvalue weighted by Gasteiger charge is -2.33. The maximum Gasteiger partial charge on any atom is 0.286 e. The zero-order valence-electron chi connectivity index (χ0n) is 16.3. The second-order valence-electron chi connectivity index (χ2n) is 7.20. The highest BCUT2D eigenvalue weighted by atomic mass is 32.2. The summed E-state index contributed by atoms with van der Waals surface area (Å²) < 4.78 is 0. The largest absolute Gasteiger partial charge is 0.868 e. The SMILES string of the molecule is Cc1ccccc1[NH+]1CCN(C2=NC(=O)C(=Cc3ccc([O-])c([N+](=O)[O-])c3)S2)CC1. The number of hydrogen-bond acceptors (Lipinski definition) is 6. The van der Waals surface area contributed by atoms with Crippen LogP contribution in [0.15, 0.2) is 52.4 Å². The van der Waals surface area contributed by atoms with Gasteiger partial charge >= 0.3 is 0 Å². The van der Waals surface area contributed by atoms with Crippen LogP contribution in [0, 0.1) is 17.0 Å². The Bertz CT molecular complexity index is 1070. The van der Waals surface area contributed by atoms with Crippen LogP contribution in [0.4, 0.5) is 11.4 Å². The minimum Gasteiger partial charge on any atom is -0.868 e. The smallest absolute Gasteiger partial charge is 0.286 e. The standard InChI is InChI=1S/C21H20N4O4S/c1-14-4-2-3-5-16(14)23-8-10-24(11-9-23)21-22-20(27)19(30-21)13-15-6-7-18(26)17(12-15)25(28)29/h2-7,12-13,26H,8-11H2,1H3. The Morgan fingerprint density at radius 3 is 2.63 bits per heavy atom. The Labute approximate surface area is 177 Å². The highest BCUT2D eigenvalue weighted by Crippen LogP contribution is 2.32. The van der Waals surface area contributed by atoms with Gasteiger partial charge in [0.2, 0.25) is 0 Å². The van der Waals surface area contributed by atoms with Crippen LogP contribution in [-0.4, -0.2) is 47.1 Å². The Morgan fingerprint density at radius 1 is 1.20 bits per heavy atom. The minimum atomic E-state index is -0.716. The van der Waals surface area contributed by atoms with Gasteiger partial charge in [-0.25, -0.2) is 0 Å². The fourth-order valence-corrected chi connectivity index (χ4v) is 4.62. The van der Waals surface area contributed by atoms with Gasteiger partial charge < -0.3 is 10.0 Å². The molecule has 4 rings (SSSR count). The molecule has 1 amide bonds. The first-order valence-electron chi connectivity index (χ1n) is 9.56. The quantitative estimate of drug-likeness (QED) is 0.455. The first-order valence-corrected chi connectivity index (χ1v) is 10.4. The molecule has 2 aliphatic heterocycles. The number of piperazine rings is 1. The fourth-order valence-electron chi connectivity index (χ4n) is 3.66. The molecule has 0 bridgehead atoms. The normalized spacial score (nSPS) is 18.7. The third kappa shape index (κ3) is 4.07. The van der Waals surface area contributed by atoms with Gasteiger partial charge in [-0.1, -0.05) is 30.3 Å². The van der Waals surface area contributed by atoms with E-state index in [1.54, 1.807) is 6.08 Å². The lowest BCUT2D eigenvalue weighted by molar-refractivity contribution is -0.837. The van der Waals surface area contributed by atoms with Crippen LogP contribution in [0.3, 0.4) is 0 Å². The monoisotopic (exact) mass is 424 g/mol. The van der Waals surface area contributed by atoms with Gasteiger partial charge in [0, 0.05) is 11.6 Å². The molecule has 2 aromatic carbocycles. The van der Waals surface area contributed by atoms with Crippen molar-refractivity contribution in [1.82, 2.24) is 4.90 Å². The fraction of sp³-hybridized carbons (Fsp3) is 0.238. The molecular weight excluding hydrogens is 404 g/mol. The number of nitrogens with zero attached hydrogens (tertiary/aromatic N) is 3. The molecule has 30 heavy (non-hydrogen) atoms. The maximum atomic E-state index is 12.3. The van der Waals surface area contributed by atoms with Gasteiger partial charge in [0.1, 0.15) is 5.69 Å². The van der Waals surface area contributed by atoms with Crippen LogP contribution in [0.5, 0.6) is 5.75 Å². The van der Waals surface area contributed by atoms with Gasteiger partial charge in [-0.2, -0.15) is 4.99 Å². The number of aryl methyl sites for hydroxylation is 1. The van der Waals surface area contributed by atoms with Gasteiger partial charge in [-0.15, -0.1) is 0 Å². The topological polar surface area (TPSA) is 103 Å². The number of quaternary nitrogens is 1. The van der Waals surface area contributed by atoms with Crippen LogP contribution < -0.4 is 10.0 Å². The van der Waals surface area contributed by atoms with Crippen molar-refractivity contribution in [2.24, 2.45) is 4.99 Å². The van der Waals surface area contributed by atoms with Crippen molar-refractivity contribution in [3.8, 4) is 5.75 Å². The first kappa shape index (κ1) is 20.1. The third-order valence-corrected chi connectivity index (χ3v) is 6.29. The number of nitro benzene ring substituents is 1. The van der Waals surface area contributed by atoms with E-state index in [0.717, 1.165) is 32.2 Å². The number of thioether (sulfide) groups is 1. The molecule has 0 saturated carbocycles. The summed E-state index contributed by atoms with van der Waals surface area (Å²) in [4.78, 5) is 30.7. The second kappa shape index (κ2) is 8.29. The summed E-state index contributed by atoms with van der Waals surface area (Å²) in [5.74, 6) is -1.02. The number of nitrogens with one attached hydrogen (secondary N) is 1. The molecule has 0 spiro atoms.